The highest BCUT2D eigenvalue weighted by atomic mass is 32.1. The van der Waals surface area contributed by atoms with Crippen molar-refractivity contribution in [1.29, 1.82) is 0 Å². The van der Waals surface area contributed by atoms with Crippen molar-refractivity contribution in [2.45, 2.75) is 45.4 Å². The van der Waals surface area contributed by atoms with Gasteiger partial charge in [-0.05, 0) is 12.8 Å². The van der Waals surface area contributed by atoms with Gasteiger partial charge in [0.05, 0.1) is 5.69 Å². The van der Waals surface area contributed by atoms with E-state index in [0.717, 1.165) is 5.69 Å². The third-order valence-electron chi connectivity index (χ3n) is 2.60. The van der Waals surface area contributed by atoms with Crippen LogP contribution in [0.3, 0.4) is 0 Å². The summed E-state index contributed by atoms with van der Waals surface area (Å²) in [7, 11) is 0. The summed E-state index contributed by atoms with van der Waals surface area (Å²) >= 11 is 1.39. The molecule has 1 aromatic heterocycles. The zero-order chi connectivity index (χ0) is 15.2. The summed E-state index contributed by atoms with van der Waals surface area (Å²) in [6, 6.07) is -0.310. The first-order valence-electron chi connectivity index (χ1n) is 6.51. The number of carbonyl (C=O) groups is 2. The van der Waals surface area contributed by atoms with Gasteiger partial charge in [-0.25, -0.2) is 9.78 Å². The van der Waals surface area contributed by atoms with E-state index < -0.39 is 5.97 Å². The Morgan fingerprint density at radius 2 is 2.05 bits per heavy atom. The Morgan fingerprint density at radius 3 is 2.60 bits per heavy atom. The second-order valence-electron chi connectivity index (χ2n) is 5.52. The van der Waals surface area contributed by atoms with Crippen molar-refractivity contribution in [2.24, 2.45) is 0 Å². The molecule has 0 aromatic carbocycles. The molecule has 7 heteroatoms. The predicted molar refractivity (Wildman–Crippen MR) is 79.3 cm³/mol. The number of amides is 2. The zero-order valence-corrected chi connectivity index (χ0v) is 12.8. The molecule has 2 amide bonds. The molecule has 6 nitrogen and oxygen atoms in total. The van der Waals surface area contributed by atoms with E-state index >= 15 is 0 Å². The average Bonchev–Trinajstić information content (AvgIpc) is 2.76. The van der Waals surface area contributed by atoms with Crippen molar-refractivity contribution in [3.63, 3.8) is 0 Å². The van der Waals surface area contributed by atoms with E-state index in [1.807, 2.05) is 5.38 Å². The molecular formula is C13H21N3O3S. The summed E-state index contributed by atoms with van der Waals surface area (Å²) in [4.78, 5) is 26.3. The van der Waals surface area contributed by atoms with Gasteiger partial charge in [-0.15, -0.1) is 11.3 Å². The second kappa shape index (κ2) is 7.23. The average molecular weight is 299 g/mol. The molecule has 0 aliphatic rings. The monoisotopic (exact) mass is 299 g/mol. The van der Waals surface area contributed by atoms with Crippen LogP contribution in [0.15, 0.2) is 5.38 Å². The molecule has 0 spiro atoms. The Hall–Kier alpha value is -1.63. The fourth-order valence-corrected chi connectivity index (χ4v) is 2.35. The van der Waals surface area contributed by atoms with Gasteiger partial charge in [0.1, 0.15) is 0 Å². The molecule has 0 fully saturated rings. The molecular weight excluding hydrogens is 278 g/mol. The molecule has 0 radical (unpaired) electrons. The largest absolute Gasteiger partial charge is 0.481 e. The number of nitrogens with zero attached hydrogens (tertiary/aromatic N) is 1. The van der Waals surface area contributed by atoms with Gasteiger partial charge in [-0.1, -0.05) is 20.8 Å². The summed E-state index contributed by atoms with van der Waals surface area (Å²) in [5, 5.41) is 16.3. The summed E-state index contributed by atoms with van der Waals surface area (Å²) in [6.45, 7) is 6.65. The molecule has 0 bridgehead atoms. The van der Waals surface area contributed by atoms with Gasteiger partial charge in [0, 0.05) is 23.8 Å². The van der Waals surface area contributed by atoms with E-state index in [1.54, 1.807) is 0 Å². The van der Waals surface area contributed by atoms with E-state index in [1.165, 1.54) is 11.3 Å². The number of carbonyl (C=O) groups excluding carboxylic acids is 1. The molecule has 0 aliphatic heterocycles. The first kappa shape index (κ1) is 16.4. The second-order valence-corrected chi connectivity index (χ2v) is 6.38. The molecule has 0 atom stereocenters. The van der Waals surface area contributed by atoms with Gasteiger partial charge in [-0.3, -0.25) is 10.1 Å². The predicted octanol–water partition coefficient (Wildman–Crippen LogP) is 2.82. The molecule has 0 unspecified atom stereocenters. The van der Waals surface area contributed by atoms with Gasteiger partial charge in [0.15, 0.2) is 5.13 Å². The number of anilines is 1. The molecule has 0 aliphatic carbocycles. The first-order valence-corrected chi connectivity index (χ1v) is 7.39. The fraction of sp³-hybridized carbons (Fsp3) is 0.615. The Kier molecular flexibility index (Phi) is 5.94. The minimum absolute atomic E-state index is 0.0380. The highest BCUT2D eigenvalue weighted by Crippen LogP contribution is 2.26. The number of unbranched alkanes of at least 4 members (excludes halogenated alkanes) is 1. The number of aromatic nitrogens is 1. The van der Waals surface area contributed by atoms with Crippen molar-refractivity contribution in [3.8, 4) is 0 Å². The maximum atomic E-state index is 11.6. The number of urea groups is 1. The summed E-state index contributed by atoms with van der Waals surface area (Å²) in [5.74, 6) is -0.813. The van der Waals surface area contributed by atoms with Gasteiger partial charge in [-0.2, -0.15) is 0 Å². The van der Waals surface area contributed by atoms with Gasteiger partial charge >= 0.3 is 12.0 Å². The van der Waals surface area contributed by atoms with E-state index in [-0.39, 0.29) is 17.9 Å². The number of hydrogen-bond donors (Lipinski definition) is 3. The van der Waals surface area contributed by atoms with Crippen LogP contribution in [0.1, 0.15) is 45.7 Å². The van der Waals surface area contributed by atoms with Crippen molar-refractivity contribution in [3.05, 3.63) is 11.1 Å². The lowest BCUT2D eigenvalue weighted by molar-refractivity contribution is -0.137. The highest BCUT2D eigenvalue weighted by molar-refractivity contribution is 7.13. The zero-order valence-electron chi connectivity index (χ0n) is 12.0. The Labute approximate surface area is 122 Å². The van der Waals surface area contributed by atoms with E-state index in [2.05, 4.69) is 36.4 Å². The highest BCUT2D eigenvalue weighted by Gasteiger charge is 2.17. The van der Waals surface area contributed by atoms with Crippen LogP contribution < -0.4 is 10.6 Å². The van der Waals surface area contributed by atoms with Crippen LogP contribution in [0.5, 0.6) is 0 Å². The number of nitrogens with one attached hydrogen (secondary N) is 2. The maximum absolute atomic E-state index is 11.6. The molecule has 1 aromatic rings. The third kappa shape index (κ3) is 6.01. The van der Waals surface area contributed by atoms with E-state index in [0.29, 0.717) is 24.5 Å². The van der Waals surface area contributed by atoms with Crippen LogP contribution in [0.2, 0.25) is 0 Å². The first-order chi connectivity index (χ1) is 9.29. The molecule has 3 N–H and O–H groups in total. The van der Waals surface area contributed by atoms with Crippen LogP contribution in [-0.4, -0.2) is 28.6 Å². The number of rotatable bonds is 6. The molecule has 1 rings (SSSR count). The van der Waals surface area contributed by atoms with Crippen molar-refractivity contribution in [2.75, 3.05) is 11.9 Å². The molecule has 112 valence electrons. The number of carboxylic acid groups (broad SMARTS) is 1. The summed E-state index contributed by atoms with van der Waals surface area (Å²) in [6.07, 6.45) is 1.33. The summed E-state index contributed by atoms with van der Waals surface area (Å²) < 4.78 is 0. The standard InChI is InChI=1S/C13H21N3O3S/c1-13(2,3)9-8-20-12(15-9)16-11(19)14-7-5-4-6-10(17)18/h8H,4-7H2,1-3H3,(H,17,18)(H2,14,15,16,19). The Bertz CT molecular complexity index is 466. The number of aliphatic carboxylic acids is 1. The Morgan fingerprint density at radius 1 is 1.35 bits per heavy atom. The lowest BCUT2D eigenvalue weighted by Crippen LogP contribution is -2.29. The smallest absolute Gasteiger partial charge is 0.321 e. The number of thiazole rings is 1. The Balaban J connectivity index is 2.29. The third-order valence-corrected chi connectivity index (χ3v) is 3.35. The molecule has 20 heavy (non-hydrogen) atoms. The van der Waals surface area contributed by atoms with Crippen LogP contribution in [0.25, 0.3) is 0 Å². The van der Waals surface area contributed by atoms with Crippen molar-refractivity contribution in [1.82, 2.24) is 10.3 Å². The number of hydrogen-bond acceptors (Lipinski definition) is 4. The lowest BCUT2D eigenvalue weighted by Gasteiger charge is -2.14. The normalized spacial score (nSPS) is 11.2. The minimum Gasteiger partial charge on any atom is -0.481 e. The quantitative estimate of drug-likeness (QED) is 0.704. The van der Waals surface area contributed by atoms with Crippen LogP contribution >= 0.6 is 11.3 Å². The molecule has 0 saturated heterocycles. The van der Waals surface area contributed by atoms with E-state index in [9.17, 15) is 9.59 Å². The topological polar surface area (TPSA) is 91.3 Å². The van der Waals surface area contributed by atoms with E-state index in [4.69, 9.17) is 5.11 Å². The summed E-state index contributed by atoms with van der Waals surface area (Å²) in [5.41, 5.74) is 0.906. The van der Waals surface area contributed by atoms with Gasteiger partial charge in [0.2, 0.25) is 0 Å². The van der Waals surface area contributed by atoms with Crippen molar-refractivity contribution < 1.29 is 14.7 Å². The van der Waals surface area contributed by atoms with Gasteiger partial charge in [0.25, 0.3) is 0 Å². The molecule has 0 saturated carbocycles. The minimum atomic E-state index is -0.813. The van der Waals surface area contributed by atoms with Crippen LogP contribution in [0.4, 0.5) is 9.93 Å². The maximum Gasteiger partial charge on any atom is 0.321 e. The van der Waals surface area contributed by atoms with Crippen LogP contribution in [-0.2, 0) is 10.2 Å². The fourth-order valence-electron chi connectivity index (χ4n) is 1.42. The SMILES string of the molecule is CC(C)(C)c1csc(NC(=O)NCCCCC(=O)O)n1. The lowest BCUT2D eigenvalue weighted by atomic mass is 9.93. The molecule has 1 heterocycles. The number of carboxylic acids is 1. The van der Waals surface area contributed by atoms with Crippen LogP contribution in [0, 0.1) is 0 Å². The van der Waals surface area contributed by atoms with Gasteiger partial charge < -0.3 is 10.4 Å². The van der Waals surface area contributed by atoms with Crippen molar-refractivity contribution >= 4 is 28.5 Å².